The molecule has 3 N–H and O–H groups in total. The smallest absolute Gasteiger partial charge is 0.224 e. The second-order valence-electron chi connectivity index (χ2n) is 6.67. The molecule has 0 aliphatic rings. The predicted molar refractivity (Wildman–Crippen MR) is 119 cm³/mol. The number of halogens is 2. The third-order valence-electron chi connectivity index (χ3n) is 4.84. The van der Waals surface area contributed by atoms with E-state index in [4.69, 9.17) is 5.73 Å². The maximum atomic E-state index is 12.4. The van der Waals surface area contributed by atoms with Crippen molar-refractivity contribution in [1.29, 1.82) is 0 Å². The Morgan fingerprint density at radius 3 is 2.46 bits per heavy atom. The largest absolute Gasteiger partial charge is 0.356 e. The Hall–Kier alpha value is -2.08. The number of amides is 1. The van der Waals surface area contributed by atoms with Gasteiger partial charge in [0, 0.05) is 19.1 Å². The molecule has 2 atom stereocenters. The van der Waals surface area contributed by atoms with Gasteiger partial charge in [-0.25, -0.2) is 4.98 Å². The van der Waals surface area contributed by atoms with Gasteiger partial charge in [0.25, 0.3) is 0 Å². The van der Waals surface area contributed by atoms with E-state index < -0.39 is 0 Å². The summed E-state index contributed by atoms with van der Waals surface area (Å²) in [7, 11) is 0. The Kier molecular flexibility index (Phi) is 9.46. The van der Waals surface area contributed by atoms with Crippen molar-refractivity contribution in [1.82, 2.24) is 14.9 Å². The van der Waals surface area contributed by atoms with Gasteiger partial charge in [0.15, 0.2) is 0 Å². The standard InChI is InChI=1S/C21H26N4O.2ClH/c1-15(20(22)17-9-4-3-5-10-17)21(26)23-13-8-14-25-16(2)24-18-11-6-7-12-19(18)25;;/h3-7,9-12,15,20H,8,13-14,22H2,1-2H3,(H,23,26);2*1H. The van der Waals surface area contributed by atoms with Gasteiger partial charge in [0.05, 0.1) is 17.0 Å². The van der Waals surface area contributed by atoms with Gasteiger partial charge in [0.1, 0.15) is 5.82 Å². The number of nitrogens with one attached hydrogen (secondary N) is 1. The lowest BCUT2D eigenvalue weighted by Crippen LogP contribution is -2.36. The van der Waals surface area contributed by atoms with E-state index in [1.54, 1.807) is 0 Å². The molecule has 0 aliphatic carbocycles. The maximum absolute atomic E-state index is 12.4. The van der Waals surface area contributed by atoms with Gasteiger partial charge in [-0.2, -0.15) is 0 Å². The summed E-state index contributed by atoms with van der Waals surface area (Å²) in [6, 6.07) is 17.6. The van der Waals surface area contributed by atoms with Crippen molar-refractivity contribution in [2.75, 3.05) is 6.54 Å². The zero-order valence-corrected chi connectivity index (χ0v) is 17.8. The Morgan fingerprint density at radius 2 is 1.75 bits per heavy atom. The number of carbonyl (C=O) groups is 1. The zero-order valence-electron chi connectivity index (χ0n) is 16.2. The first kappa shape index (κ1) is 24.0. The van der Waals surface area contributed by atoms with Crippen LogP contribution in [-0.4, -0.2) is 22.0 Å². The molecule has 0 saturated heterocycles. The number of nitrogens with zero attached hydrogens (tertiary/aromatic N) is 2. The van der Waals surface area contributed by atoms with Crippen LogP contribution >= 0.6 is 24.8 Å². The van der Waals surface area contributed by atoms with E-state index in [1.165, 1.54) is 0 Å². The van der Waals surface area contributed by atoms with E-state index in [9.17, 15) is 4.79 Å². The van der Waals surface area contributed by atoms with E-state index in [0.717, 1.165) is 35.4 Å². The van der Waals surface area contributed by atoms with Crippen molar-refractivity contribution in [3.8, 4) is 0 Å². The Morgan fingerprint density at radius 1 is 1.11 bits per heavy atom. The first-order valence-corrected chi connectivity index (χ1v) is 9.08. The number of fused-ring (bicyclic) bond motifs is 1. The minimum Gasteiger partial charge on any atom is -0.356 e. The number of rotatable bonds is 7. The monoisotopic (exact) mass is 422 g/mol. The number of nitrogens with two attached hydrogens (primary N) is 1. The van der Waals surface area contributed by atoms with Crippen LogP contribution in [0.15, 0.2) is 54.6 Å². The number of aryl methyl sites for hydroxylation is 2. The van der Waals surface area contributed by atoms with Gasteiger partial charge in [-0.15, -0.1) is 24.8 Å². The summed E-state index contributed by atoms with van der Waals surface area (Å²) in [6.45, 7) is 5.34. The number of imidazole rings is 1. The van der Waals surface area contributed by atoms with Crippen LogP contribution < -0.4 is 11.1 Å². The number of hydrogen-bond acceptors (Lipinski definition) is 3. The zero-order chi connectivity index (χ0) is 18.5. The van der Waals surface area contributed by atoms with E-state index in [0.29, 0.717) is 6.54 Å². The molecular weight excluding hydrogens is 395 g/mol. The molecule has 0 bridgehead atoms. The molecule has 0 fully saturated rings. The van der Waals surface area contributed by atoms with Crippen molar-refractivity contribution in [3.05, 3.63) is 66.0 Å². The first-order chi connectivity index (χ1) is 12.6. The first-order valence-electron chi connectivity index (χ1n) is 9.08. The summed E-state index contributed by atoms with van der Waals surface area (Å²) in [5.41, 5.74) is 9.36. The summed E-state index contributed by atoms with van der Waals surface area (Å²) in [4.78, 5) is 17.0. The Bertz CT molecular complexity index is 883. The third-order valence-corrected chi connectivity index (χ3v) is 4.84. The van der Waals surface area contributed by atoms with Crippen LogP contribution in [0.3, 0.4) is 0 Å². The highest BCUT2D eigenvalue weighted by Crippen LogP contribution is 2.19. The third kappa shape index (κ3) is 5.47. The van der Waals surface area contributed by atoms with Gasteiger partial charge >= 0.3 is 0 Å². The molecule has 3 aromatic rings. The van der Waals surface area contributed by atoms with Crippen LogP contribution in [0.4, 0.5) is 0 Å². The molecule has 0 saturated carbocycles. The molecule has 0 aliphatic heterocycles. The van der Waals surface area contributed by atoms with Crippen LogP contribution in [0, 0.1) is 12.8 Å². The van der Waals surface area contributed by atoms with Gasteiger partial charge in [-0.3, -0.25) is 4.79 Å². The van der Waals surface area contributed by atoms with Crippen molar-refractivity contribution in [2.24, 2.45) is 11.7 Å². The molecule has 7 heteroatoms. The van der Waals surface area contributed by atoms with Gasteiger partial charge in [0.2, 0.25) is 5.91 Å². The van der Waals surface area contributed by atoms with Crippen LogP contribution in [0.25, 0.3) is 11.0 Å². The molecule has 0 spiro atoms. The summed E-state index contributed by atoms with van der Waals surface area (Å²) in [6.07, 6.45) is 0.847. The number of para-hydroxylation sites is 2. The second-order valence-corrected chi connectivity index (χ2v) is 6.67. The van der Waals surface area contributed by atoms with Crippen LogP contribution in [0.1, 0.15) is 30.8 Å². The minimum atomic E-state index is -0.295. The summed E-state index contributed by atoms with van der Waals surface area (Å²) >= 11 is 0. The topological polar surface area (TPSA) is 72.9 Å². The molecule has 1 aromatic heterocycles. The summed E-state index contributed by atoms with van der Waals surface area (Å²) in [5, 5.41) is 3.01. The number of benzene rings is 2. The van der Waals surface area contributed by atoms with E-state index in [-0.39, 0.29) is 42.7 Å². The van der Waals surface area contributed by atoms with Gasteiger partial charge < -0.3 is 15.6 Å². The van der Waals surface area contributed by atoms with E-state index >= 15 is 0 Å². The SMILES string of the molecule is Cc1nc2ccccc2n1CCCNC(=O)C(C)C(N)c1ccccc1.Cl.Cl. The highest BCUT2D eigenvalue weighted by molar-refractivity contribution is 5.85. The van der Waals surface area contributed by atoms with Crippen LogP contribution in [-0.2, 0) is 11.3 Å². The van der Waals surface area contributed by atoms with Crippen molar-refractivity contribution in [3.63, 3.8) is 0 Å². The molecule has 28 heavy (non-hydrogen) atoms. The van der Waals surface area contributed by atoms with Crippen LogP contribution in [0.5, 0.6) is 0 Å². The quantitative estimate of drug-likeness (QED) is 0.564. The Balaban J connectivity index is 0.00000196. The highest BCUT2D eigenvalue weighted by Gasteiger charge is 2.21. The fourth-order valence-electron chi connectivity index (χ4n) is 3.21. The average molecular weight is 423 g/mol. The van der Waals surface area contributed by atoms with Crippen molar-refractivity contribution in [2.45, 2.75) is 32.9 Å². The predicted octanol–water partition coefficient (Wildman–Crippen LogP) is 4.03. The summed E-state index contributed by atoms with van der Waals surface area (Å²) < 4.78 is 2.20. The normalized spacial score (nSPS) is 12.5. The lowest BCUT2D eigenvalue weighted by molar-refractivity contribution is -0.125. The molecule has 1 amide bonds. The lowest BCUT2D eigenvalue weighted by atomic mass is 9.95. The number of carbonyl (C=O) groups excluding carboxylic acids is 1. The molecule has 2 aromatic carbocycles. The maximum Gasteiger partial charge on any atom is 0.224 e. The van der Waals surface area contributed by atoms with E-state index in [1.807, 2.05) is 62.4 Å². The summed E-state index contributed by atoms with van der Waals surface area (Å²) in [5.74, 6) is 0.721. The van der Waals surface area contributed by atoms with E-state index in [2.05, 4.69) is 20.9 Å². The molecule has 2 unspecified atom stereocenters. The molecule has 0 radical (unpaired) electrons. The van der Waals surface area contributed by atoms with Crippen LogP contribution in [0.2, 0.25) is 0 Å². The lowest BCUT2D eigenvalue weighted by Gasteiger charge is -2.20. The fraction of sp³-hybridized carbons (Fsp3) is 0.333. The van der Waals surface area contributed by atoms with Gasteiger partial charge in [-0.05, 0) is 31.0 Å². The van der Waals surface area contributed by atoms with Crippen molar-refractivity contribution < 1.29 is 4.79 Å². The molecule has 152 valence electrons. The molecule has 5 nitrogen and oxygen atoms in total. The number of hydrogen-bond donors (Lipinski definition) is 2. The molecule has 1 heterocycles. The Labute approximate surface area is 178 Å². The fourth-order valence-corrected chi connectivity index (χ4v) is 3.21. The second kappa shape index (κ2) is 11.1. The molecular formula is C21H28Cl2N4O. The minimum absolute atomic E-state index is 0. The highest BCUT2D eigenvalue weighted by atomic mass is 35.5. The average Bonchev–Trinajstić information content (AvgIpc) is 2.99. The molecule has 3 rings (SSSR count). The van der Waals surface area contributed by atoms with Gasteiger partial charge in [-0.1, -0.05) is 49.4 Å². The van der Waals surface area contributed by atoms with Crippen molar-refractivity contribution >= 4 is 41.8 Å². The number of aromatic nitrogens is 2.